The Kier molecular flexibility index (Phi) is 4.35. The van der Waals surface area contributed by atoms with Crippen LogP contribution in [-0.4, -0.2) is 25.2 Å². The van der Waals surface area contributed by atoms with E-state index < -0.39 is 10.0 Å². The Morgan fingerprint density at radius 1 is 1.53 bits per heavy atom. The van der Waals surface area contributed by atoms with E-state index in [-0.39, 0.29) is 11.4 Å². The molecule has 0 unspecified atom stereocenters. The Morgan fingerprint density at radius 2 is 2.32 bits per heavy atom. The number of H-pyrrole nitrogens is 1. The van der Waals surface area contributed by atoms with Gasteiger partial charge in [0.2, 0.25) is 10.0 Å². The summed E-state index contributed by atoms with van der Waals surface area (Å²) in [5.74, 6) is 0. The molecule has 0 aromatic carbocycles. The van der Waals surface area contributed by atoms with Crippen molar-refractivity contribution in [2.45, 2.75) is 24.8 Å². The van der Waals surface area contributed by atoms with Crippen LogP contribution < -0.4 is 10.5 Å². The van der Waals surface area contributed by atoms with Crippen LogP contribution in [0.25, 0.3) is 0 Å². The molecule has 2 heterocycles. The van der Waals surface area contributed by atoms with Crippen molar-refractivity contribution in [3.63, 3.8) is 0 Å². The number of hydrogen-bond donors (Lipinski definition) is 3. The van der Waals surface area contributed by atoms with Crippen LogP contribution >= 0.6 is 11.3 Å². The fourth-order valence-electron chi connectivity index (χ4n) is 1.80. The molecular formula is C11H16N4O2S2. The topological polar surface area (TPSA) is 101 Å². The SMILES string of the molecule is Cc1[nH]nc(CN)c1S(=O)(=O)NCCc1ccsc1. The van der Waals surface area contributed by atoms with Crippen LogP contribution in [0, 0.1) is 6.92 Å². The van der Waals surface area contributed by atoms with E-state index >= 15 is 0 Å². The summed E-state index contributed by atoms with van der Waals surface area (Å²) in [5, 5.41) is 10.5. The third kappa shape index (κ3) is 3.21. The normalized spacial score (nSPS) is 11.9. The first-order valence-corrected chi connectivity index (χ1v) is 8.22. The average Bonchev–Trinajstić information content (AvgIpc) is 2.98. The predicted octanol–water partition coefficient (Wildman–Crippen LogP) is 0.759. The van der Waals surface area contributed by atoms with Gasteiger partial charge in [-0.25, -0.2) is 13.1 Å². The summed E-state index contributed by atoms with van der Waals surface area (Å²) in [4.78, 5) is 0.167. The third-order valence-corrected chi connectivity index (χ3v) is 5.10. The average molecular weight is 300 g/mol. The Bertz CT molecular complexity index is 632. The summed E-state index contributed by atoms with van der Waals surface area (Å²) in [6.07, 6.45) is 0.664. The van der Waals surface area contributed by atoms with Crippen LogP contribution in [0.3, 0.4) is 0 Å². The number of sulfonamides is 1. The molecule has 0 spiro atoms. The molecular weight excluding hydrogens is 284 g/mol. The third-order valence-electron chi connectivity index (χ3n) is 2.71. The Balaban J connectivity index is 2.07. The number of nitrogens with zero attached hydrogens (tertiary/aromatic N) is 1. The predicted molar refractivity (Wildman–Crippen MR) is 74.4 cm³/mol. The van der Waals surface area contributed by atoms with Crippen molar-refractivity contribution < 1.29 is 8.42 Å². The largest absolute Gasteiger partial charge is 0.325 e. The molecule has 0 radical (unpaired) electrons. The number of nitrogens with two attached hydrogens (primary N) is 1. The van der Waals surface area contributed by atoms with Gasteiger partial charge in [-0.05, 0) is 35.7 Å². The van der Waals surface area contributed by atoms with Crippen molar-refractivity contribution in [1.29, 1.82) is 0 Å². The summed E-state index contributed by atoms with van der Waals surface area (Å²) in [6, 6.07) is 1.98. The maximum Gasteiger partial charge on any atom is 0.244 e. The Labute approximate surface area is 116 Å². The number of rotatable bonds is 6. The zero-order valence-corrected chi connectivity index (χ0v) is 12.1. The number of aromatic amines is 1. The van der Waals surface area contributed by atoms with Gasteiger partial charge in [0.05, 0.1) is 11.4 Å². The first kappa shape index (κ1) is 14.2. The second-order valence-electron chi connectivity index (χ2n) is 4.11. The first-order valence-electron chi connectivity index (χ1n) is 5.79. The molecule has 19 heavy (non-hydrogen) atoms. The van der Waals surface area contributed by atoms with Gasteiger partial charge in [-0.3, -0.25) is 5.10 Å². The molecule has 8 heteroatoms. The van der Waals surface area contributed by atoms with E-state index in [0.717, 1.165) is 5.56 Å². The number of nitrogens with one attached hydrogen (secondary N) is 2. The number of aryl methyl sites for hydroxylation is 1. The fourth-order valence-corrected chi connectivity index (χ4v) is 3.91. The molecule has 0 saturated heterocycles. The molecule has 0 aliphatic heterocycles. The number of hydrogen-bond acceptors (Lipinski definition) is 5. The molecule has 0 saturated carbocycles. The maximum absolute atomic E-state index is 12.2. The van der Waals surface area contributed by atoms with Gasteiger partial charge in [0.25, 0.3) is 0 Å². The lowest BCUT2D eigenvalue weighted by molar-refractivity contribution is 0.580. The van der Waals surface area contributed by atoms with Gasteiger partial charge >= 0.3 is 0 Å². The molecule has 2 aromatic heterocycles. The summed E-state index contributed by atoms with van der Waals surface area (Å²) < 4.78 is 27.0. The molecule has 0 aliphatic carbocycles. The molecule has 4 N–H and O–H groups in total. The van der Waals surface area contributed by atoms with E-state index in [1.54, 1.807) is 18.3 Å². The molecule has 0 amide bonds. The zero-order chi connectivity index (χ0) is 13.9. The summed E-state index contributed by atoms with van der Waals surface area (Å²) in [7, 11) is -3.56. The second-order valence-corrected chi connectivity index (χ2v) is 6.59. The van der Waals surface area contributed by atoms with Crippen LogP contribution in [-0.2, 0) is 23.0 Å². The van der Waals surface area contributed by atoms with Gasteiger partial charge in [0, 0.05) is 13.1 Å². The highest BCUT2D eigenvalue weighted by molar-refractivity contribution is 7.89. The monoisotopic (exact) mass is 300 g/mol. The van der Waals surface area contributed by atoms with E-state index in [4.69, 9.17) is 5.73 Å². The van der Waals surface area contributed by atoms with Crippen LogP contribution in [0.5, 0.6) is 0 Å². The van der Waals surface area contributed by atoms with E-state index in [9.17, 15) is 8.42 Å². The van der Waals surface area contributed by atoms with Crippen molar-refractivity contribution in [3.05, 3.63) is 33.8 Å². The standard InChI is InChI=1S/C11H16N4O2S2/c1-8-11(10(6-12)15-14-8)19(16,17)13-4-2-9-3-5-18-7-9/h3,5,7,13H,2,4,6,12H2,1H3,(H,14,15). The quantitative estimate of drug-likeness (QED) is 0.733. The van der Waals surface area contributed by atoms with Gasteiger partial charge in [-0.2, -0.15) is 16.4 Å². The minimum absolute atomic E-state index is 0.0884. The van der Waals surface area contributed by atoms with Crippen molar-refractivity contribution in [2.24, 2.45) is 5.73 Å². The molecule has 6 nitrogen and oxygen atoms in total. The van der Waals surface area contributed by atoms with Crippen molar-refractivity contribution in [2.75, 3.05) is 6.54 Å². The minimum Gasteiger partial charge on any atom is -0.325 e. The van der Waals surface area contributed by atoms with E-state index in [0.29, 0.717) is 24.4 Å². The van der Waals surface area contributed by atoms with E-state index in [2.05, 4.69) is 14.9 Å². The smallest absolute Gasteiger partial charge is 0.244 e. The van der Waals surface area contributed by atoms with E-state index in [1.165, 1.54) is 0 Å². The van der Waals surface area contributed by atoms with Gasteiger partial charge < -0.3 is 5.73 Å². The molecule has 2 rings (SSSR count). The lowest BCUT2D eigenvalue weighted by Crippen LogP contribution is -2.27. The molecule has 0 fully saturated rings. The van der Waals surface area contributed by atoms with Crippen LogP contribution in [0.1, 0.15) is 17.0 Å². The fraction of sp³-hybridized carbons (Fsp3) is 0.364. The van der Waals surface area contributed by atoms with Crippen LogP contribution in [0.2, 0.25) is 0 Å². The maximum atomic E-state index is 12.2. The first-order chi connectivity index (χ1) is 9.04. The van der Waals surface area contributed by atoms with Gasteiger partial charge in [-0.1, -0.05) is 0 Å². The van der Waals surface area contributed by atoms with E-state index in [1.807, 2.05) is 16.8 Å². The second kappa shape index (κ2) is 5.83. The molecule has 0 aliphatic rings. The molecule has 2 aromatic rings. The van der Waals surface area contributed by atoms with Gasteiger partial charge in [0.1, 0.15) is 4.90 Å². The zero-order valence-electron chi connectivity index (χ0n) is 10.5. The highest BCUT2D eigenvalue weighted by atomic mass is 32.2. The lowest BCUT2D eigenvalue weighted by Gasteiger charge is -2.06. The van der Waals surface area contributed by atoms with Crippen molar-refractivity contribution in [1.82, 2.24) is 14.9 Å². The number of thiophene rings is 1. The van der Waals surface area contributed by atoms with Crippen LogP contribution in [0.4, 0.5) is 0 Å². The van der Waals surface area contributed by atoms with Crippen molar-refractivity contribution in [3.8, 4) is 0 Å². The Hall–Kier alpha value is -1.22. The lowest BCUT2D eigenvalue weighted by atomic mass is 10.2. The summed E-state index contributed by atoms with van der Waals surface area (Å²) >= 11 is 1.60. The summed E-state index contributed by atoms with van der Waals surface area (Å²) in [6.45, 7) is 2.11. The van der Waals surface area contributed by atoms with Crippen molar-refractivity contribution >= 4 is 21.4 Å². The molecule has 0 bridgehead atoms. The Morgan fingerprint density at radius 3 is 2.95 bits per heavy atom. The summed E-state index contributed by atoms with van der Waals surface area (Å²) in [5.41, 5.74) is 7.48. The van der Waals surface area contributed by atoms with Crippen LogP contribution in [0.15, 0.2) is 21.7 Å². The highest BCUT2D eigenvalue weighted by Crippen LogP contribution is 2.16. The highest BCUT2D eigenvalue weighted by Gasteiger charge is 2.22. The minimum atomic E-state index is -3.56. The molecule has 104 valence electrons. The van der Waals surface area contributed by atoms with Gasteiger partial charge in [0.15, 0.2) is 0 Å². The van der Waals surface area contributed by atoms with Gasteiger partial charge in [-0.15, -0.1) is 0 Å². The number of aromatic nitrogens is 2. The molecule has 0 atom stereocenters.